The summed E-state index contributed by atoms with van der Waals surface area (Å²) in [5, 5.41) is 8.23. The summed E-state index contributed by atoms with van der Waals surface area (Å²) in [6.45, 7) is 1.02. The number of hydrogen-bond donors (Lipinski definition) is 1. The van der Waals surface area contributed by atoms with Crippen molar-refractivity contribution >= 4 is 11.6 Å². The molecule has 1 saturated heterocycles. The Kier molecular flexibility index (Phi) is 3.80. The van der Waals surface area contributed by atoms with Crippen LogP contribution in [-0.2, 0) is 0 Å². The minimum Gasteiger partial charge on any atom is -0.334 e. The van der Waals surface area contributed by atoms with Gasteiger partial charge in [0.2, 0.25) is 0 Å². The lowest BCUT2D eigenvalue weighted by Gasteiger charge is -2.09. The number of halogens is 1. The molecular weight excluding hydrogens is 262 g/mol. The van der Waals surface area contributed by atoms with Crippen LogP contribution in [-0.4, -0.2) is 16.7 Å². The number of benzene rings is 1. The molecule has 1 fully saturated rings. The lowest BCUT2D eigenvalue weighted by molar-refractivity contribution is 0.402. The fourth-order valence-corrected chi connectivity index (χ4v) is 2.55. The molecule has 2 heterocycles. The van der Waals surface area contributed by atoms with Crippen LogP contribution in [0, 0.1) is 0 Å². The maximum atomic E-state index is 5.97. The van der Waals surface area contributed by atoms with E-state index in [1.807, 2.05) is 24.3 Å². The molecule has 5 heteroatoms. The molecule has 4 nitrogen and oxygen atoms in total. The minimum atomic E-state index is 0.208. The molecule has 19 heavy (non-hydrogen) atoms. The lowest BCUT2D eigenvalue weighted by Crippen LogP contribution is -2.21. The zero-order chi connectivity index (χ0) is 13.1. The third-order valence-electron chi connectivity index (χ3n) is 3.39. The van der Waals surface area contributed by atoms with Gasteiger partial charge in [0, 0.05) is 10.6 Å². The molecule has 0 spiro atoms. The quantitative estimate of drug-likeness (QED) is 0.911. The van der Waals surface area contributed by atoms with E-state index >= 15 is 0 Å². The Labute approximate surface area is 117 Å². The van der Waals surface area contributed by atoms with Crippen LogP contribution < -0.4 is 5.32 Å². The smallest absolute Gasteiger partial charge is 0.258 e. The molecule has 0 aliphatic carbocycles. The first-order chi connectivity index (χ1) is 9.33. The predicted octanol–water partition coefficient (Wildman–Crippen LogP) is 3.59. The van der Waals surface area contributed by atoms with Gasteiger partial charge in [0.05, 0.1) is 6.04 Å². The number of rotatable bonds is 2. The van der Waals surface area contributed by atoms with Gasteiger partial charge in [0.1, 0.15) is 0 Å². The van der Waals surface area contributed by atoms with Crippen LogP contribution in [0.2, 0.25) is 5.02 Å². The molecular formula is C14H16ClN3O. The van der Waals surface area contributed by atoms with E-state index in [0.717, 1.165) is 24.4 Å². The highest BCUT2D eigenvalue weighted by molar-refractivity contribution is 6.30. The standard InChI is InChI=1S/C14H16ClN3O/c15-11-6-4-5-10(9-11)14-17-13(18-19-14)12-7-2-1-3-8-16-12/h4-6,9,12,16H,1-3,7-8H2. The van der Waals surface area contributed by atoms with Crippen LogP contribution in [0.1, 0.15) is 37.5 Å². The van der Waals surface area contributed by atoms with E-state index in [9.17, 15) is 0 Å². The Balaban J connectivity index is 1.82. The fourth-order valence-electron chi connectivity index (χ4n) is 2.36. The summed E-state index contributed by atoms with van der Waals surface area (Å²) in [4.78, 5) is 4.49. The van der Waals surface area contributed by atoms with Crippen molar-refractivity contribution in [3.05, 3.63) is 35.1 Å². The second-order valence-electron chi connectivity index (χ2n) is 4.82. The Morgan fingerprint density at radius 1 is 1.26 bits per heavy atom. The molecule has 1 unspecified atom stereocenters. The summed E-state index contributed by atoms with van der Waals surface area (Å²) < 4.78 is 5.34. The molecule has 3 rings (SSSR count). The highest BCUT2D eigenvalue weighted by Crippen LogP contribution is 2.25. The first-order valence-electron chi connectivity index (χ1n) is 6.66. The van der Waals surface area contributed by atoms with Gasteiger partial charge < -0.3 is 9.84 Å². The van der Waals surface area contributed by atoms with E-state index in [2.05, 4.69) is 15.5 Å². The van der Waals surface area contributed by atoms with Gasteiger partial charge in [-0.15, -0.1) is 0 Å². The normalized spacial score (nSPS) is 20.2. The van der Waals surface area contributed by atoms with E-state index in [0.29, 0.717) is 10.9 Å². The van der Waals surface area contributed by atoms with Gasteiger partial charge in [-0.1, -0.05) is 35.7 Å². The maximum absolute atomic E-state index is 5.97. The van der Waals surface area contributed by atoms with E-state index in [4.69, 9.17) is 16.1 Å². The van der Waals surface area contributed by atoms with Gasteiger partial charge in [0.15, 0.2) is 5.82 Å². The van der Waals surface area contributed by atoms with Gasteiger partial charge in [-0.25, -0.2) is 0 Å². The van der Waals surface area contributed by atoms with Crippen molar-refractivity contribution < 1.29 is 4.52 Å². The molecule has 1 aliphatic rings. The van der Waals surface area contributed by atoms with Gasteiger partial charge in [0.25, 0.3) is 5.89 Å². The summed E-state index contributed by atoms with van der Waals surface area (Å²) in [5.41, 5.74) is 0.861. The zero-order valence-electron chi connectivity index (χ0n) is 10.6. The highest BCUT2D eigenvalue weighted by atomic mass is 35.5. The Hall–Kier alpha value is -1.39. The van der Waals surface area contributed by atoms with Crippen molar-refractivity contribution in [2.45, 2.75) is 31.7 Å². The molecule has 0 bridgehead atoms. The molecule has 0 saturated carbocycles. The molecule has 1 aromatic heterocycles. The molecule has 1 N–H and O–H groups in total. The molecule has 1 atom stereocenters. The molecule has 100 valence electrons. The van der Waals surface area contributed by atoms with Crippen molar-refractivity contribution in [1.82, 2.24) is 15.5 Å². The average Bonchev–Trinajstić information content (AvgIpc) is 2.75. The second kappa shape index (κ2) is 5.72. The van der Waals surface area contributed by atoms with Crippen LogP contribution in [0.25, 0.3) is 11.5 Å². The van der Waals surface area contributed by atoms with Crippen molar-refractivity contribution in [3.63, 3.8) is 0 Å². The van der Waals surface area contributed by atoms with Crippen LogP contribution in [0.15, 0.2) is 28.8 Å². The molecule has 1 aromatic carbocycles. The van der Waals surface area contributed by atoms with E-state index < -0.39 is 0 Å². The van der Waals surface area contributed by atoms with Gasteiger partial charge in [-0.3, -0.25) is 0 Å². The van der Waals surface area contributed by atoms with Crippen LogP contribution in [0.3, 0.4) is 0 Å². The average molecular weight is 278 g/mol. The predicted molar refractivity (Wildman–Crippen MR) is 74.0 cm³/mol. The molecule has 2 aromatic rings. The molecule has 0 radical (unpaired) electrons. The molecule has 0 amide bonds. The van der Waals surface area contributed by atoms with Gasteiger partial charge in [-0.05, 0) is 37.6 Å². The lowest BCUT2D eigenvalue weighted by atomic mass is 10.1. The Morgan fingerprint density at radius 3 is 3.11 bits per heavy atom. The Morgan fingerprint density at radius 2 is 2.21 bits per heavy atom. The molecule has 1 aliphatic heterocycles. The van der Waals surface area contributed by atoms with Crippen LogP contribution in [0.4, 0.5) is 0 Å². The van der Waals surface area contributed by atoms with Crippen LogP contribution in [0.5, 0.6) is 0 Å². The third-order valence-corrected chi connectivity index (χ3v) is 3.62. The zero-order valence-corrected chi connectivity index (χ0v) is 11.4. The summed E-state index contributed by atoms with van der Waals surface area (Å²) in [7, 11) is 0. The minimum absolute atomic E-state index is 0.208. The van der Waals surface area contributed by atoms with E-state index in [-0.39, 0.29) is 6.04 Å². The fraction of sp³-hybridized carbons (Fsp3) is 0.429. The summed E-state index contributed by atoms with van der Waals surface area (Å²) >= 11 is 5.97. The highest BCUT2D eigenvalue weighted by Gasteiger charge is 2.19. The largest absolute Gasteiger partial charge is 0.334 e. The van der Waals surface area contributed by atoms with E-state index in [1.165, 1.54) is 19.3 Å². The van der Waals surface area contributed by atoms with Crippen LogP contribution >= 0.6 is 11.6 Å². The topological polar surface area (TPSA) is 51.0 Å². The number of nitrogens with zero attached hydrogens (tertiary/aromatic N) is 2. The monoisotopic (exact) mass is 277 g/mol. The summed E-state index contributed by atoms with van der Waals surface area (Å²) in [6, 6.07) is 7.67. The van der Waals surface area contributed by atoms with Crippen molar-refractivity contribution in [3.8, 4) is 11.5 Å². The van der Waals surface area contributed by atoms with Gasteiger partial charge >= 0.3 is 0 Å². The van der Waals surface area contributed by atoms with Crippen molar-refractivity contribution in [2.24, 2.45) is 0 Å². The number of nitrogens with one attached hydrogen (secondary N) is 1. The second-order valence-corrected chi connectivity index (χ2v) is 5.26. The third kappa shape index (κ3) is 2.96. The number of hydrogen-bond acceptors (Lipinski definition) is 4. The number of aromatic nitrogens is 2. The first kappa shape index (κ1) is 12.6. The first-order valence-corrected chi connectivity index (χ1v) is 7.03. The SMILES string of the molecule is Clc1cccc(-c2nc(C3CCCCCN3)no2)c1. The van der Waals surface area contributed by atoms with E-state index in [1.54, 1.807) is 0 Å². The van der Waals surface area contributed by atoms with Gasteiger partial charge in [-0.2, -0.15) is 4.98 Å². The van der Waals surface area contributed by atoms with Crippen molar-refractivity contribution in [2.75, 3.05) is 6.54 Å². The maximum Gasteiger partial charge on any atom is 0.258 e. The Bertz CT molecular complexity index is 547. The summed E-state index contributed by atoms with van der Waals surface area (Å²) in [6.07, 6.45) is 4.76. The van der Waals surface area contributed by atoms with Crippen molar-refractivity contribution in [1.29, 1.82) is 0 Å². The summed E-state index contributed by atoms with van der Waals surface area (Å²) in [5.74, 6) is 1.28.